The molecule has 1 amide bonds. The number of benzene rings is 1. The zero-order valence-corrected chi connectivity index (χ0v) is 11.4. The average Bonchev–Trinajstić information content (AvgIpc) is 2.42. The fourth-order valence-corrected chi connectivity index (χ4v) is 2.42. The Morgan fingerprint density at radius 2 is 2.37 bits per heavy atom. The highest BCUT2D eigenvalue weighted by Gasteiger charge is 2.28. The molecular formula is C14H21N3O2. The number of carbonyl (C=O) groups excluding carboxylic acids is 1. The molecule has 1 aliphatic heterocycles. The summed E-state index contributed by atoms with van der Waals surface area (Å²) in [5.74, 6) is 0.305. The van der Waals surface area contributed by atoms with Crippen LogP contribution in [0.25, 0.3) is 0 Å². The summed E-state index contributed by atoms with van der Waals surface area (Å²) in [4.78, 5) is 14.0. The van der Waals surface area contributed by atoms with Crippen LogP contribution in [0.3, 0.4) is 0 Å². The van der Waals surface area contributed by atoms with Gasteiger partial charge in [0, 0.05) is 38.8 Å². The van der Waals surface area contributed by atoms with Gasteiger partial charge in [-0.2, -0.15) is 0 Å². The van der Waals surface area contributed by atoms with E-state index in [1.807, 2.05) is 19.1 Å². The van der Waals surface area contributed by atoms with Crippen molar-refractivity contribution >= 4 is 5.91 Å². The predicted molar refractivity (Wildman–Crippen MR) is 74.0 cm³/mol. The Morgan fingerprint density at radius 1 is 1.58 bits per heavy atom. The highest BCUT2D eigenvalue weighted by atomic mass is 16.3. The minimum absolute atomic E-state index is 0.0133. The van der Waals surface area contributed by atoms with E-state index in [-0.39, 0.29) is 11.9 Å². The number of nitrogens with zero attached hydrogens (tertiary/aromatic N) is 1. The lowest BCUT2D eigenvalue weighted by Crippen LogP contribution is -2.56. The van der Waals surface area contributed by atoms with Crippen molar-refractivity contribution in [3.8, 4) is 5.75 Å². The molecule has 0 aliphatic carbocycles. The largest absolute Gasteiger partial charge is 0.508 e. The van der Waals surface area contributed by atoms with Crippen molar-refractivity contribution in [2.75, 3.05) is 26.7 Å². The third-order valence-corrected chi connectivity index (χ3v) is 3.51. The Hall–Kier alpha value is -1.59. The van der Waals surface area contributed by atoms with E-state index in [0.29, 0.717) is 18.8 Å². The number of carbonyl (C=O) groups is 1. The van der Waals surface area contributed by atoms with Crippen molar-refractivity contribution in [2.24, 2.45) is 0 Å². The van der Waals surface area contributed by atoms with E-state index < -0.39 is 0 Å². The molecule has 1 atom stereocenters. The summed E-state index contributed by atoms with van der Waals surface area (Å²) in [6.45, 7) is 4.89. The maximum atomic E-state index is 11.9. The van der Waals surface area contributed by atoms with Crippen LogP contribution in [-0.4, -0.2) is 48.6 Å². The van der Waals surface area contributed by atoms with Crippen molar-refractivity contribution < 1.29 is 9.90 Å². The lowest BCUT2D eigenvalue weighted by molar-refractivity contribution is -0.126. The van der Waals surface area contributed by atoms with Gasteiger partial charge in [0.2, 0.25) is 5.91 Å². The number of aryl methyl sites for hydroxylation is 1. The lowest BCUT2D eigenvalue weighted by atomic mass is 10.1. The summed E-state index contributed by atoms with van der Waals surface area (Å²) >= 11 is 0. The summed E-state index contributed by atoms with van der Waals surface area (Å²) in [7, 11) is 1.65. The first-order chi connectivity index (χ1) is 9.11. The third kappa shape index (κ3) is 3.24. The SMILES string of the molecule is CNC(=O)C1CNCCN1Cc1cc(C)ccc1O. The van der Waals surface area contributed by atoms with Crippen molar-refractivity contribution in [2.45, 2.75) is 19.5 Å². The lowest BCUT2D eigenvalue weighted by Gasteiger charge is -2.35. The zero-order chi connectivity index (χ0) is 13.8. The standard InChI is InChI=1S/C14H21N3O2/c1-10-3-4-13(18)11(7-10)9-17-6-5-16-8-12(17)14(19)15-2/h3-4,7,12,16,18H,5-6,8-9H2,1-2H3,(H,15,19). The summed E-state index contributed by atoms with van der Waals surface area (Å²) < 4.78 is 0. The monoisotopic (exact) mass is 263 g/mol. The highest BCUT2D eigenvalue weighted by Crippen LogP contribution is 2.21. The molecule has 5 nitrogen and oxygen atoms in total. The first-order valence-corrected chi connectivity index (χ1v) is 6.56. The third-order valence-electron chi connectivity index (χ3n) is 3.51. The van der Waals surface area contributed by atoms with Crippen LogP contribution in [0.2, 0.25) is 0 Å². The quantitative estimate of drug-likeness (QED) is 0.730. The molecule has 5 heteroatoms. The second-order valence-corrected chi connectivity index (χ2v) is 4.94. The first-order valence-electron chi connectivity index (χ1n) is 6.56. The summed E-state index contributed by atoms with van der Waals surface area (Å²) in [6, 6.07) is 5.38. The van der Waals surface area contributed by atoms with Gasteiger partial charge in [0.1, 0.15) is 11.8 Å². The Morgan fingerprint density at radius 3 is 3.11 bits per heavy atom. The van der Waals surface area contributed by atoms with Crippen LogP contribution in [-0.2, 0) is 11.3 Å². The molecule has 0 radical (unpaired) electrons. The van der Waals surface area contributed by atoms with E-state index in [0.717, 1.165) is 24.2 Å². The molecule has 0 saturated carbocycles. The van der Waals surface area contributed by atoms with Crippen molar-refractivity contribution in [3.05, 3.63) is 29.3 Å². The summed E-state index contributed by atoms with van der Waals surface area (Å²) in [6.07, 6.45) is 0. The van der Waals surface area contributed by atoms with E-state index in [4.69, 9.17) is 0 Å². The molecule has 0 bridgehead atoms. The topological polar surface area (TPSA) is 64.6 Å². The van der Waals surface area contributed by atoms with E-state index >= 15 is 0 Å². The second-order valence-electron chi connectivity index (χ2n) is 4.94. The van der Waals surface area contributed by atoms with Gasteiger partial charge in [0.05, 0.1) is 0 Å². The number of likely N-dealkylation sites (N-methyl/N-ethyl adjacent to an activating group) is 1. The van der Waals surface area contributed by atoms with Crippen LogP contribution in [0.5, 0.6) is 5.75 Å². The van der Waals surface area contributed by atoms with Crippen LogP contribution < -0.4 is 10.6 Å². The minimum Gasteiger partial charge on any atom is -0.508 e. The maximum absolute atomic E-state index is 11.9. The molecule has 2 rings (SSSR count). The predicted octanol–water partition coefficient (Wildman–Crippen LogP) is 0.220. The molecule has 1 heterocycles. The van der Waals surface area contributed by atoms with E-state index in [1.165, 1.54) is 0 Å². The second kappa shape index (κ2) is 6.04. The van der Waals surface area contributed by atoms with Gasteiger partial charge < -0.3 is 15.7 Å². The van der Waals surface area contributed by atoms with Gasteiger partial charge in [0.15, 0.2) is 0 Å². The molecule has 1 aromatic rings. The van der Waals surface area contributed by atoms with E-state index in [2.05, 4.69) is 15.5 Å². The first kappa shape index (κ1) is 13.8. The van der Waals surface area contributed by atoms with Gasteiger partial charge in [-0.1, -0.05) is 17.7 Å². The van der Waals surface area contributed by atoms with Gasteiger partial charge in [0.25, 0.3) is 0 Å². The number of hydrogen-bond donors (Lipinski definition) is 3. The number of phenolic OH excluding ortho intramolecular Hbond substituents is 1. The fourth-order valence-electron chi connectivity index (χ4n) is 2.42. The average molecular weight is 263 g/mol. The minimum atomic E-state index is -0.182. The maximum Gasteiger partial charge on any atom is 0.238 e. The molecule has 0 spiro atoms. The number of hydrogen-bond acceptors (Lipinski definition) is 4. The van der Waals surface area contributed by atoms with E-state index in [9.17, 15) is 9.90 Å². The fraction of sp³-hybridized carbons (Fsp3) is 0.500. The summed E-state index contributed by atoms with van der Waals surface area (Å²) in [5.41, 5.74) is 1.98. The summed E-state index contributed by atoms with van der Waals surface area (Å²) in [5, 5.41) is 15.8. The number of aromatic hydroxyl groups is 1. The normalized spacial score (nSPS) is 20.2. The molecule has 104 valence electrons. The highest BCUT2D eigenvalue weighted by molar-refractivity contribution is 5.81. The number of nitrogens with one attached hydrogen (secondary N) is 2. The zero-order valence-electron chi connectivity index (χ0n) is 11.4. The van der Waals surface area contributed by atoms with Crippen LogP contribution in [0.1, 0.15) is 11.1 Å². The van der Waals surface area contributed by atoms with Crippen molar-refractivity contribution in [1.82, 2.24) is 15.5 Å². The van der Waals surface area contributed by atoms with Crippen molar-refractivity contribution in [1.29, 1.82) is 0 Å². The Balaban J connectivity index is 2.15. The number of amides is 1. The Bertz CT molecular complexity index is 462. The van der Waals surface area contributed by atoms with Crippen molar-refractivity contribution in [3.63, 3.8) is 0 Å². The molecule has 1 aliphatic rings. The smallest absolute Gasteiger partial charge is 0.238 e. The van der Waals surface area contributed by atoms with Gasteiger partial charge in [-0.15, -0.1) is 0 Å². The molecule has 19 heavy (non-hydrogen) atoms. The Labute approximate surface area is 113 Å². The molecule has 0 aromatic heterocycles. The number of rotatable bonds is 3. The molecule has 1 fully saturated rings. The van der Waals surface area contributed by atoms with Crippen LogP contribution in [0.15, 0.2) is 18.2 Å². The molecule has 1 aromatic carbocycles. The van der Waals surface area contributed by atoms with Gasteiger partial charge in [-0.05, 0) is 13.0 Å². The molecule has 1 unspecified atom stereocenters. The molecule has 3 N–H and O–H groups in total. The van der Waals surface area contributed by atoms with Crippen LogP contribution in [0.4, 0.5) is 0 Å². The van der Waals surface area contributed by atoms with Crippen LogP contribution >= 0.6 is 0 Å². The number of piperazine rings is 1. The van der Waals surface area contributed by atoms with Gasteiger partial charge in [-0.25, -0.2) is 0 Å². The van der Waals surface area contributed by atoms with Gasteiger partial charge in [-0.3, -0.25) is 9.69 Å². The molecule has 1 saturated heterocycles. The van der Waals surface area contributed by atoms with Crippen LogP contribution in [0, 0.1) is 6.92 Å². The number of phenols is 1. The van der Waals surface area contributed by atoms with E-state index in [1.54, 1.807) is 13.1 Å². The Kier molecular flexibility index (Phi) is 4.39. The molecular weight excluding hydrogens is 242 g/mol. The van der Waals surface area contributed by atoms with Gasteiger partial charge >= 0.3 is 0 Å².